The summed E-state index contributed by atoms with van der Waals surface area (Å²) >= 11 is 0. The van der Waals surface area contributed by atoms with Crippen molar-refractivity contribution in [2.75, 3.05) is 5.73 Å². The van der Waals surface area contributed by atoms with Crippen molar-refractivity contribution in [2.24, 2.45) is 0 Å². The van der Waals surface area contributed by atoms with Gasteiger partial charge in [-0.05, 0) is 30.0 Å². The fraction of sp³-hybridized carbons (Fsp3) is 0.333. The molecule has 2 heterocycles. The number of hydrogen-bond donors (Lipinski definition) is 3. The predicted molar refractivity (Wildman–Crippen MR) is 137 cm³/mol. The van der Waals surface area contributed by atoms with Crippen molar-refractivity contribution >= 4 is 39.6 Å². The molecule has 1 amide bonds. The molecule has 0 bridgehead atoms. The van der Waals surface area contributed by atoms with Gasteiger partial charge in [-0.3, -0.25) is 9.59 Å². The zero-order chi connectivity index (χ0) is 24.8. The number of nitrogens with two attached hydrogens (primary N) is 1. The molecule has 0 spiro atoms. The smallest absolute Gasteiger partial charge is 0.303 e. The first kappa shape index (κ1) is 24.2. The van der Waals surface area contributed by atoms with Crippen molar-refractivity contribution in [3.63, 3.8) is 0 Å². The van der Waals surface area contributed by atoms with Gasteiger partial charge in [-0.25, -0.2) is 9.97 Å². The van der Waals surface area contributed by atoms with Gasteiger partial charge in [0.05, 0.1) is 11.0 Å². The summed E-state index contributed by atoms with van der Waals surface area (Å²) in [6.45, 7) is 3.24. The Hall–Kier alpha value is -3.94. The Kier molecular flexibility index (Phi) is 7.60. The van der Waals surface area contributed by atoms with Crippen molar-refractivity contribution in [1.82, 2.24) is 19.9 Å². The highest BCUT2D eigenvalue weighted by atomic mass is 16.4. The maximum atomic E-state index is 11.9. The molecule has 4 aromatic rings. The number of benzene rings is 2. The molecule has 0 radical (unpaired) electrons. The zero-order valence-corrected chi connectivity index (χ0v) is 20.0. The number of unbranched alkanes of at least 4 members (excludes halogenated alkanes) is 1. The van der Waals surface area contributed by atoms with Crippen molar-refractivity contribution < 1.29 is 14.7 Å². The van der Waals surface area contributed by atoms with E-state index >= 15 is 0 Å². The van der Waals surface area contributed by atoms with Crippen LogP contribution in [0.15, 0.2) is 48.5 Å². The largest absolute Gasteiger partial charge is 0.481 e. The van der Waals surface area contributed by atoms with Crippen LogP contribution in [0.2, 0.25) is 0 Å². The van der Waals surface area contributed by atoms with Crippen LogP contribution in [0.1, 0.15) is 56.0 Å². The Balaban J connectivity index is 1.55. The van der Waals surface area contributed by atoms with Gasteiger partial charge < -0.3 is 20.7 Å². The molecule has 0 fully saturated rings. The lowest BCUT2D eigenvalue weighted by atomic mass is 10.1. The lowest BCUT2D eigenvalue weighted by Crippen LogP contribution is -2.22. The van der Waals surface area contributed by atoms with Crippen LogP contribution in [0.25, 0.3) is 21.9 Å². The number of nitrogen functional groups attached to an aromatic ring is 1. The molecule has 4 N–H and O–H groups in total. The molecule has 0 aliphatic heterocycles. The SMILES string of the molecule is CCCCc1nc2c(N)nc3ccccc3c2n1Cc1ccc(CNC(=O)CCCC(=O)O)cc1. The third-order valence-corrected chi connectivity index (χ3v) is 6.09. The maximum Gasteiger partial charge on any atom is 0.303 e. The van der Waals surface area contributed by atoms with Gasteiger partial charge in [0.25, 0.3) is 0 Å². The molecular weight excluding hydrogens is 442 g/mol. The van der Waals surface area contributed by atoms with Gasteiger partial charge in [-0.15, -0.1) is 0 Å². The molecule has 2 aromatic carbocycles. The number of anilines is 1. The summed E-state index contributed by atoms with van der Waals surface area (Å²) in [4.78, 5) is 32.0. The molecule has 8 nitrogen and oxygen atoms in total. The number of pyridine rings is 1. The van der Waals surface area contributed by atoms with E-state index in [1.165, 1.54) is 0 Å². The molecule has 0 saturated heterocycles. The molecule has 2 aromatic heterocycles. The number of carboxylic acids is 1. The Bertz CT molecular complexity index is 1340. The summed E-state index contributed by atoms with van der Waals surface area (Å²) in [5.74, 6) is 0.428. The van der Waals surface area contributed by atoms with Gasteiger partial charge in [-0.1, -0.05) is 55.8 Å². The van der Waals surface area contributed by atoms with Crippen LogP contribution in [-0.4, -0.2) is 31.5 Å². The minimum Gasteiger partial charge on any atom is -0.481 e. The molecule has 8 heteroatoms. The molecule has 0 aliphatic rings. The van der Waals surface area contributed by atoms with Gasteiger partial charge in [0.2, 0.25) is 5.91 Å². The van der Waals surface area contributed by atoms with Gasteiger partial charge in [0.1, 0.15) is 11.3 Å². The van der Waals surface area contributed by atoms with Crippen molar-refractivity contribution in [2.45, 2.75) is 58.5 Å². The monoisotopic (exact) mass is 473 g/mol. The molecule has 0 atom stereocenters. The third kappa shape index (κ3) is 5.77. The molecular formula is C27H31N5O3. The van der Waals surface area contributed by atoms with E-state index in [1.807, 2.05) is 30.3 Å². The number of fused-ring (bicyclic) bond motifs is 3. The fourth-order valence-corrected chi connectivity index (χ4v) is 4.24. The van der Waals surface area contributed by atoms with Gasteiger partial charge in [-0.2, -0.15) is 0 Å². The second kappa shape index (κ2) is 11.0. The van der Waals surface area contributed by atoms with E-state index in [4.69, 9.17) is 15.8 Å². The normalized spacial score (nSPS) is 11.2. The summed E-state index contributed by atoms with van der Waals surface area (Å²) in [5, 5.41) is 12.6. The summed E-state index contributed by atoms with van der Waals surface area (Å²) in [6, 6.07) is 16.1. The number of carbonyl (C=O) groups is 2. The van der Waals surface area contributed by atoms with E-state index in [2.05, 4.69) is 40.0 Å². The lowest BCUT2D eigenvalue weighted by Gasteiger charge is -2.12. The van der Waals surface area contributed by atoms with Crippen LogP contribution in [0.5, 0.6) is 0 Å². The summed E-state index contributed by atoms with van der Waals surface area (Å²) in [5.41, 5.74) is 11.0. The molecule has 182 valence electrons. The van der Waals surface area contributed by atoms with E-state index in [0.717, 1.165) is 58.2 Å². The lowest BCUT2D eigenvalue weighted by molar-refractivity contribution is -0.137. The number of aryl methyl sites for hydroxylation is 1. The first-order valence-corrected chi connectivity index (χ1v) is 12.1. The molecule has 0 saturated carbocycles. The van der Waals surface area contributed by atoms with Crippen LogP contribution in [0.4, 0.5) is 5.82 Å². The van der Waals surface area contributed by atoms with Crippen LogP contribution < -0.4 is 11.1 Å². The second-order valence-corrected chi connectivity index (χ2v) is 8.77. The summed E-state index contributed by atoms with van der Waals surface area (Å²) in [6.07, 6.45) is 3.54. The average molecular weight is 474 g/mol. The number of rotatable bonds is 11. The number of para-hydroxylation sites is 1. The Labute approximate surface area is 204 Å². The number of hydrogen-bond acceptors (Lipinski definition) is 5. The van der Waals surface area contributed by atoms with Crippen LogP contribution >= 0.6 is 0 Å². The summed E-state index contributed by atoms with van der Waals surface area (Å²) < 4.78 is 2.25. The van der Waals surface area contributed by atoms with E-state index in [1.54, 1.807) is 0 Å². The van der Waals surface area contributed by atoms with Crippen molar-refractivity contribution in [1.29, 1.82) is 0 Å². The van der Waals surface area contributed by atoms with E-state index in [9.17, 15) is 9.59 Å². The molecule has 0 unspecified atom stereocenters. The Morgan fingerprint density at radius 1 is 1.00 bits per heavy atom. The highest BCUT2D eigenvalue weighted by Gasteiger charge is 2.17. The third-order valence-electron chi connectivity index (χ3n) is 6.09. The number of nitrogens with one attached hydrogen (secondary N) is 1. The Morgan fingerprint density at radius 3 is 2.49 bits per heavy atom. The van der Waals surface area contributed by atoms with Crippen LogP contribution in [0, 0.1) is 0 Å². The number of nitrogens with zero attached hydrogens (tertiary/aromatic N) is 3. The van der Waals surface area contributed by atoms with Crippen LogP contribution in [-0.2, 0) is 29.1 Å². The molecule has 0 aliphatic carbocycles. The first-order valence-electron chi connectivity index (χ1n) is 12.1. The second-order valence-electron chi connectivity index (χ2n) is 8.77. The number of imidazole rings is 1. The van der Waals surface area contributed by atoms with Gasteiger partial charge in [0, 0.05) is 37.7 Å². The number of carbonyl (C=O) groups excluding carboxylic acids is 1. The van der Waals surface area contributed by atoms with E-state index in [-0.39, 0.29) is 18.7 Å². The standard InChI is InChI=1S/C27H31N5O3/c1-2-3-9-22-31-25-26(20-7-4-5-8-21(20)30-27(25)28)32(22)17-19-14-12-18(13-15-19)16-29-23(33)10-6-11-24(34)35/h4-5,7-8,12-15H,2-3,6,9-11,16-17H2,1H3,(H2,28,30)(H,29,33)(H,34,35). The minimum absolute atomic E-state index is 0.00227. The average Bonchev–Trinajstić information content (AvgIpc) is 3.21. The number of amides is 1. The fourth-order valence-electron chi connectivity index (χ4n) is 4.24. The summed E-state index contributed by atoms with van der Waals surface area (Å²) in [7, 11) is 0. The number of carboxylic acid groups (broad SMARTS) is 1. The number of aliphatic carboxylic acids is 1. The highest BCUT2D eigenvalue weighted by molar-refractivity contribution is 6.06. The van der Waals surface area contributed by atoms with Crippen LogP contribution in [0.3, 0.4) is 0 Å². The minimum atomic E-state index is -0.885. The maximum absolute atomic E-state index is 11.9. The van der Waals surface area contributed by atoms with E-state index in [0.29, 0.717) is 25.3 Å². The predicted octanol–water partition coefficient (Wildman–Crippen LogP) is 4.43. The quantitative estimate of drug-likeness (QED) is 0.296. The van der Waals surface area contributed by atoms with Crippen molar-refractivity contribution in [3.05, 3.63) is 65.5 Å². The first-order chi connectivity index (χ1) is 17.0. The molecule has 35 heavy (non-hydrogen) atoms. The van der Waals surface area contributed by atoms with Gasteiger partial charge >= 0.3 is 5.97 Å². The van der Waals surface area contributed by atoms with Crippen molar-refractivity contribution in [3.8, 4) is 0 Å². The van der Waals surface area contributed by atoms with E-state index < -0.39 is 5.97 Å². The van der Waals surface area contributed by atoms with Gasteiger partial charge in [0.15, 0.2) is 5.82 Å². The Morgan fingerprint density at radius 2 is 1.74 bits per heavy atom. The number of aromatic nitrogens is 3. The molecule has 4 rings (SSSR count). The highest BCUT2D eigenvalue weighted by Crippen LogP contribution is 2.30. The zero-order valence-electron chi connectivity index (χ0n) is 20.0. The topological polar surface area (TPSA) is 123 Å².